The fraction of sp³-hybridized carbons (Fsp3) is 0.500. The molecule has 1 saturated heterocycles. The van der Waals surface area contributed by atoms with Crippen LogP contribution in [0, 0.1) is 25.7 Å². The van der Waals surface area contributed by atoms with Crippen molar-refractivity contribution in [3.8, 4) is 11.1 Å². The van der Waals surface area contributed by atoms with Gasteiger partial charge in [0, 0.05) is 30.9 Å². The van der Waals surface area contributed by atoms with E-state index in [4.69, 9.17) is 0 Å². The zero-order valence-electron chi connectivity index (χ0n) is 21.4. The number of hydrogen-bond acceptors (Lipinski definition) is 4. The van der Waals surface area contributed by atoms with Gasteiger partial charge in [-0.3, -0.25) is 19.4 Å². The summed E-state index contributed by atoms with van der Waals surface area (Å²) in [7, 11) is 0. The van der Waals surface area contributed by atoms with Crippen LogP contribution in [-0.2, 0) is 14.4 Å². The van der Waals surface area contributed by atoms with Crippen molar-refractivity contribution in [2.24, 2.45) is 11.8 Å². The number of pyridine rings is 1. The van der Waals surface area contributed by atoms with E-state index in [-0.39, 0.29) is 24.2 Å². The van der Waals surface area contributed by atoms with Gasteiger partial charge in [0.2, 0.25) is 11.8 Å². The number of carbonyl (C=O) groups is 3. The van der Waals surface area contributed by atoms with Crippen LogP contribution in [0.5, 0.6) is 0 Å². The Balaban J connectivity index is 1.91. The largest absolute Gasteiger partial charge is 0.481 e. The Bertz CT molecular complexity index is 1060. The summed E-state index contributed by atoms with van der Waals surface area (Å²) in [4.78, 5) is 44.1. The molecular formula is C28H37N3O4. The minimum atomic E-state index is -1.02. The van der Waals surface area contributed by atoms with E-state index in [2.05, 4.69) is 10.3 Å². The van der Waals surface area contributed by atoms with Crippen molar-refractivity contribution in [1.29, 1.82) is 0 Å². The standard InChI is InChI=1S/C28H37N3O4/c1-17(2)11-24(31-10-9-18(3)12-25(31)32)28(35)30-23(14-26(33)34)21-13-22(16-29-15-21)27-19(4)7-6-8-20(27)5/h6-8,13,15-18,23-24H,9-12,14H2,1-5H3,(H,30,35)(H,33,34)/t18-,23-,24-/m0/s1. The van der Waals surface area contributed by atoms with Crippen LogP contribution in [-0.4, -0.2) is 45.4 Å². The summed E-state index contributed by atoms with van der Waals surface area (Å²) >= 11 is 0. The number of amides is 2. The zero-order valence-corrected chi connectivity index (χ0v) is 21.4. The number of rotatable bonds is 9. The first-order valence-electron chi connectivity index (χ1n) is 12.4. The van der Waals surface area contributed by atoms with Gasteiger partial charge in [-0.2, -0.15) is 0 Å². The minimum absolute atomic E-state index is 0.0157. The molecule has 1 fully saturated rings. The van der Waals surface area contributed by atoms with Gasteiger partial charge in [-0.05, 0) is 66.8 Å². The van der Waals surface area contributed by atoms with Crippen LogP contribution >= 0.6 is 0 Å². The molecule has 2 heterocycles. The molecule has 1 aromatic heterocycles. The molecule has 1 aliphatic rings. The first kappa shape index (κ1) is 26.4. The van der Waals surface area contributed by atoms with E-state index in [0.717, 1.165) is 28.7 Å². The Morgan fingerprint density at radius 2 is 1.89 bits per heavy atom. The van der Waals surface area contributed by atoms with Gasteiger partial charge in [0.05, 0.1) is 12.5 Å². The number of hydrogen-bond donors (Lipinski definition) is 2. The first-order chi connectivity index (χ1) is 16.6. The Kier molecular flexibility index (Phi) is 8.65. The molecule has 35 heavy (non-hydrogen) atoms. The Labute approximate surface area is 207 Å². The Morgan fingerprint density at radius 1 is 1.20 bits per heavy atom. The SMILES string of the molecule is Cc1cccc(C)c1-c1cncc([C@H](CC(=O)O)NC(=O)[C@H](CC(C)C)N2CC[C@H](C)CC2=O)c1. The van der Waals surface area contributed by atoms with Crippen LogP contribution in [0.3, 0.4) is 0 Å². The molecule has 2 N–H and O–H groups in total. The molecule has 2 aromatic rings. The predicted octanol–water partition coefficient (Wildman–Crippen LogP) is 4.67. The summed E-state index contributed by atoms with van der Waals surface area (Å²) in [6, 6.07) is 6.57. The van der Waals surface area contributed by atoms with Crippen molar-refractivity contribution in [3.05, 3.63) is 53.3 Å². The third-order valence-corrected chi connectivity index (χ3v) is 6.71. The van der Waals surface area contributed by atoms with Gasteiger partial charge >= 0.3 is 5.97 Å². The summed E-state index contributed by atoms with van der Waals surface area (Å²) < 4.78 is 0. The van der Waals surface area contributed by atoms with Gasteiger partial charge in [-0.15, -0.1) is 0 Å². The summed E-state index contributed by atoms with van der Waals surface area (Å²) in [5.74, 6) is -0.843. The smallest absolute Gasteiger partial charge is 0.305 e. The van der Waals surface area contributed by atoms with Gasteiger partial charge in [-0.25, -0.2) is 0 Å². The number of likely N-dealkylation sites (tertiary alicyclic amines) is 1. The van der Waals surface area contributed by atoms with Crippen LogP contribution in [0.1, 0.15) is 69.2 Å². The molecule has 188 valence electrons. The first-order valence-corrected chi connectivity index (χ1v) is 12.4. The minimum Gasteiger partial charge on any atom is -0.481 e. The number of piperidine rings is 1. The fourth-order valence-electron chi connectivity index (χ4n) is 4.90. The average Bonchev–Trinajstić information content (AvgIpc) is 2.77. The molecule has 3 rings (SSSR count). The lowest BCUT2D eigenvalue weighted by Gasteiger charge is -2.37. The highest BCUT2D eigenvalue weighted by molar-refractivity contribution is 5.88. The molecule has 0 bridgehead atoms. The monoisotopic (exact) mass is 479 g/mol. The van der Waals surface area contributed by atoms with Crippen LogP contribution < -0.4 is 5.32 Å². The third kappa shape index (κ3) is 6.68. The van der Waals surface area contributed by atoms with Crippen LogP contribution in [0.15, 0.2) is 36.7 Å². The van der Waals surface area contributed by atoms with Crippen molar-refractivity contribution < 1.29 is 19.5 Å². The van der Waals surface area contributed by atoms with Crippen LogP contribution in [0.25, 0.3) is 11.1 Å². The van der Waals surface area contributed by atoms with Gasteiger partial charge in [0.1, 0.15) is 6.04 Å². The highest BCUT2D eigenvalue weighted by Gasteiger charge is 2.35. The quantitative estimate of drug-likeness (QED) is 0.544. The van der Waals surface area contributed by atoms with Crippen LogP contribution in [0.2, 0.25) is 0 Å². The summed E-state index contributed by atoms with van der Waals surface area (Å²) in [5, 5.41) is 12.6. The predicted molar refractivity (Wildman–Crippen MR) is 136 cm³/mol. The van der Waals surface area contributed by atoms with Gasteiger partial charge < -0.3 is 15.3 Å². The summed E-state index contributed by atoms with van der Waals surface area (Å²) in [6.07, 6.45) is 4.90. The zero-order chi connectivity index (χ0) is 25.7. The second kappa shape index (κ2) is 11.5. The lowest BCUT2D eigenvalue weighted by atomic mass is 9.93. The topological polar surface area (TPSA) is 99.6 Å². The number of benzene rings is 1. The van der Waals surface area contributed by atoms with E-state index in [1.807, 2.05) is 58.9 Å². The Morgan fingerprint density at radius 3 is 2.49 bits per heavy atom. The summed E-state index contributed by atoms with van der Waals surface area (Å²) in [6.45, 7) is 10.7. The molecule has 0 saturated carbocycles. The average molecular weight is 480 g/mol. The van der Waals surface area contributed by atoms with Gasteiger partial charge in [-0.1, -0.05) is 39.0 Å². The number of carbonyl (C=O) groups excluding carboxylic acids is 2. The second-order valence-electron chi connectivity index (χ2n) is 10.3. The van der Waals surface area contributed by atoms with Crippen molar-refractivity contribution >= 4 is 17.8 Å². The lowest BCUT2D eigenvalue weighted by molar-refractivity contribution is -0.145. The number of aliphatic carboxylic acids is 1. The molecule has 0 spiro atoms. The van der Waals surface area contributed by atoms with E-state index >= 15 is 0 Å². The van der Waals surface area contributed by atoms with E-state index < -0.39 is 18.1 Å². The normalized spacial score (nSPS) is 17.8. The lowest BCUT2D eigenvalue weighted by Crippen LogP contribution is -2.53. The molecule has 2 amide bonds. The van der Waals surface area contributed by atoms with Crippen molar-refractivity contribution in [2.45, 2.75) is 72.4 Å². The number of carboxylic acids is 1. The molecule has 3 atom stereocenters. The van der Waals surface area contributed by atoms with Crippen molar-refractivity contribution in [1.82, 2.24) is 15.2 Å². The van der Waals surface area contributed by atoms with Gasteiger partial charge in [0.25, 0.3) is 0 Å². The molecule has 0 unspecified atom stereocenters. The summed E-state index contributed by atoms with van der Waals surface area (Å²) in [5.41, 5.74) is 4.74. The fourth-order valence-corrected chi connectivity index (χ4v) is 4.90. The van der Waals surface area contributed by atoms with E-state index in [9.17, 15) is 19.5 Å². The highest BCUT2D eigenvalue weighted by Crippen LogP contribution is 2.30. The maximum atomic E-state index is 13.5. The molecule has 7 nitrogen and oxygen atoms in total. The highest BCUT2D eigenvalue weighted by atomic mass is 16.4. The van der Waals surface area contributed by atoms with E-state index in [0.29, 0.717) is 30.9 Å². The van der Waals surface area contributed by atoms with E-state index in [1.54, 1.807) is 17.3 Å². The maximum absolute atomic E-state index is 13.5. The number of aromatic nitrogens is 1. The van der Waals surface area contributed by atoms with Crippen molar-refractivity contribution in [3.63, 3.8) is 0 Å². The van der Waals surface area contributed by atoms with Crippen molar-refractivity contribution in [2.75, 3.05) is 6.54 Å². The number of nitrogens with one attached hydrogen (secondary N) is 1. The number of carboxylic acid groups (broad SMARTS) is 1. The van der Waals surface area contributed by atoms with E-state index in [1.165, 1.54) is 0 Å². The van der Waals surface area contributed by atoms with Crippen LogP contribution in [0.4, 0.5) is 0 Å². The number of nitrogens with zero attached hydrogens (tertiary/aromatic N) is 2. The second-order valence-corrected chi connectivity index (χ2v) is 10.3. The maximum Gasteiger partial charge on any atom is 0.305 e. The molecule has 0 aliphatic carbocycles. The molecule has 1 aliphatic heterocycles. The third-order valence-electron chi connectivity index (χ3n) is 6.71. The molecular weight excluding hydrogens is 442 g/mol. The Hall–Kier alpha value is -3.22. The molecule has 7 heteroatoms. The molecule has 0 radical (unpaired) electrons. The van der Waals surface area contributed by atoms with Gasteiger partial charge in [0.15, 0.2) is 0 Å². The molecule has 1 aromatic carbocycles. The number of aryl methyl sites for hydroxylation is 2.